The van der Waals surface area contributed by atoms with Crippen LogP contribution in [0.5, 0.6) is 0 Å². The van der Waals surface area contributed by atoms with Crippen LogP contribution in [-0.4, -0.2) is 40.7 Å². The van der Waals surface area contributed by atoms with Gasteiger partial charge in [0.25, 0.3) is 0 Å². The molecule has 0 N–H and O–H groups in total. The summed E-state index contributed by atoms with van der Waals surface area (Å²) in [6.45, 7) is 2.79. The van der Waals surface area contributed by atoms with Gasteiger partial charge in [0.15, 0.2) is 0 Å². The SMILES string of the molecule is CCC(COC)C(=O)N(Cc1ccc(-c2noc(C(F)(F)F)n2)cc1)C1CC1. The molecule has 1 unspecified atom stereocenters. The predicted octanol–water partition coefficient (Wildman–Crippen LogP) is 3.92. The molecule has 28 heavy (non-hydrogen) atoms. The Bertz CT molecular complexity index is 801. The number of halogens is 3. The standard InChI is InChI=1S/C19H22F3N3O3/c1-3-13(11-27-2)17(26)25(15-8-9-15)10-12-4-6-14(7-5-12)16-23-18(28-24-16)19(20,21)22/h4-7,13,15H,3,8-11H2,1-2H3. The van der Waals surface area contributed by atoms with Crippen LogP contribution in [-0.2, 0) is 22.3 Å². The zero-order valence-electron chi connectivity index (χ0n) is 15.7. The number of benzene rings is 1. The Morgan fingerprint density at radius 3 is 2.50 bits per heavy atom. The van der Waals surface area contributed by atoms with Crippen LogP contribution in [0.4, 0.5) is 13.2 Å². The Labute approximate surface area is 160 Å². The van der Waals surface area contributed by atoms with Crippen molar-refractivity contribution < 1.29 is 27.2 Å². The number of nitrogens with zero attached hydrogens (tertiary/aromatic N) is 3. The molecule has 9 heteroatoms. The second kappa shape index (κ2) is 8.30. The van der Waals surface area contributed by atoms with Gasteiger partial charge in [0, 0.05) is 25.3 Å². The lowest BCUT2D eigenvalue weighted by molar-refractivity contribution is -0.159. The van der Waals surface area contributed by atoms with Gasteiger partial charge in [-0.15, -0.1) is 0 Å². The monoisotopic (exact) mass is 397 g/mol. The molecular weight excluding hydrogens is 375 g/mol. The quantitative estimate of drug-likeness (QED) is 0.675. The van der Waals surface area contributed by atoms with E-state index in [1.54, 1.807) is 31.4 Å². The van der Waals surface area contributed by atoms with E-state index in [4.69, 9.17) is 4.74 Å². The summed E-state index contributed by atoms with van der Waals surface area (Å²) in [5.41, 5.74) is 1.30. The molecule has 0 spiro atoms. The molecule has 2 aromatic rings. The first-order valence-corrected chi connectivity index (χ1v) is 9.13. The Kier molecular flexibility index (Phi) is 6.02. The van der Waals surface area contributed by atoms with E-state index in [0.29, 0.717) is 25.1 Å². The van der Waals surface area contributed by atoms with E-state index in [1.807, 2.05) is 11.8 Å². The van der Waals surface area contributed by atoms with Gasteiger partial charge in [0.1, 0.15) is 0 Å². The molecular formula is C19H22F3N3O3. The summed E-state index contributed by atoms with van der Waals surface area (Å²) >= 11 is 0. The van der Waals surface area contributed by atoms with Crippen molar-refractivity contribution in [3.05, 3.63) is 35.7 Å². The molecule has 1 aromatic carbocycles. The minimum atomic E-state index is -4.67. The van der Waals surface area contributed by atoms with Gasteiger partial charge in [-0.2, -0.15) is 18.2 Å². The first kappa shape index (κ1) is 20.3. The normalized spacial score (nSPS) is 15.5. The fourth-order valence-electron chi connectivity index (χ4n) is 2.98. The lowest BCUT2D eigenvalue weighted by atomic mass is 10.0. The molecule has 0 aliphatic heterocycles. The molecule has 3 rings (SSSR count). The lowest BCUT2D eigenvalue weighted by Gasteiger charge is -2.27. The highest BCUT2D eigenvalue weighted by molar-refractivity contribution is 5.79. The van der Waals surface area contributed by atoms with Gasteiger partial charge in [-0.05, 0) is 24.8 Å². The fraction of sp³-hybridized carbons (Fsp3) is 0.526. The average molecular weight is 397 g/mol. The molecule has 6 nitrogen and oxygen atoms in total. The Morgan fingerprint density at radius 2 is 2.00 bits per heavy atom. The van der Waals surface area contributed by atoms with Crippen LogP contribution in [0.25, 0.3) is 11.4 Å². The minimum Gasteiger partial charge on any atom is -0.384 e. The predicted molar refractivity (Wildman–Crippen MR) is 94.0 cm³/mol. The molecule has 1 aromatic heterocycles. The van der Waals surface area contributed by atoms with Crippen LogP contribution in [0.2, 0.25) is 0 Å². The molecule has 0 radical (unpaired) electrons. The molecule has 1 aliphatic carbocycles. The zero-order chi connectivity index (χ0) is 20.3. The van der Waals surface area contributed by atoms with Crippen LogP contribution in [0.1, 0.15) is 37.6 Å². The van der Waals surface area contributed by atoms with Gasteiger partial charge in [-0.25, -0.2) is 0 Å². The number of rotatable bonds is 8. The minimum absolute atomic E-state index is 0.0731. The first-order valence-electron chi connectivity index (χ1n) is 9.13. The van der Waals surface area contributed by atoms with Crippen molar-refractivity contribution in [1.82, 2.24) is 15.0 Å². The number of hydrogen-bond donors (Lipinski definition) is 0. The number of alkyl halides is 3. The number of carbonyl (C=O) groups is 1. The Morgan fingerprint density at radius 1 is 1.32 bits per heavy atom. The van der Waals surface area contributed by atoms with E-state index in [-0.39, 0.29) is 23.7 Å². The number of amides is 1. The number of carbonyl (C=O) groups excluding carboxylic acids is 1. The maximum atomic E-state index is 12.8. The van der Waals surface area contributed by atoms with E-state index >= 15 is 0 Å². The van der Waals surface area contributed by atoms with Crippen LogP contribution in [0.15, 0.2) is 28.8 Å². The zero-order valence-corrected chi connectivity index (χ0v) is 15.7. The van der Waals surface area contributed by atoms with Crippen molar-refractivity contribution in [2.24, 2.45) is 5.92 Å². The largest absolute Gasteiger partial charge is 0.471 e. The van der Waals surface area contributed by atoms with Crippen LogP contribution >= 0.6 is 0 Å². The third kappa shape index (κ3) is 4.70. The van der Waals surface area contributed by atoms with Crippen molar-refractivity contribution in [2.45, 2.75) is 44.9 Å². The Hall–Kier alpha value is -2.42. The fourth-order valence-corrected chi connectivity index (χ4v) is 2.98. The van der Waals surface area contributed by atoms with Crippen molar-refractivity contribution in [1.29, 1.82) is 0 Å². The number of ether oxygens (including phenoxy) is 1. The second-order valence-electron chi connectivity index (χ2n) is 6.88. The van der Waals surface area contributed by atoms with E-state index in [0.717, 1.165) is 18.4 Å². The molecule has 1 atom stereocenters. The highest BCUT2D eigenvalue weighted by Gasteiger charge is 2.38. The van der Waals surface area contributed by atoms with Gasteiger partial charge < -0.3 is 14.2 Å². The van der Waals surface area contributed by atoms with Crippen molar-refractivity contribution >= 4 is 5.91 Å². The summed E-state index contributed by atoms with van der Waals surface area (Å²) < 4.78 is 47.2. The molecule has 1 saturated carbocycles. The van der Waals surface area contributed by atoms with E-state index in [1.165, 1.54) is 0 Å². The van der Waals surface area contributed by atoms with E-state index in [9.17, 15) is 18.0 Å². The summed E-state index contributed by atoms with van der Waals surface area (Å²) in [7, 11) is 1.58. The molecule has 1 heterocycles. The third-order valence-electron chi connectivity index (χ3n) is 4.71. The smallest absolute Gasteiger partial charge is 0.384 e. The molecule has 1 amide bonds. The summed E-state index contributed by atoms with van der Waals surface area (Å²) in [6.07, 6.45) is -2.00. The summed E-state index contributed by atoms with van der Waals surface area (Å²) in [5.74, 6) is -1.60. The summed E-state index contributed by atoms with van der Waals surface area (Å²) in [5, 5.41) is 3.38. The maximum absolute atomic E-state index is 12.8. The Balaban J connectivity index is 1.72. The molecule has 1 fully saturated rings. The summed E-state index contributed by atoms with van der Waals surface area (Å²) in [4.78, 5) is 18.1. The van der Waals surface area contributed by atoms with Gasteiger partial charge in [-0.1, -0.05) is 36.3 Å². The van der Waals surface area contributed by atoms with Gasteiger partial charge >= 0.3 is 12.1 Å². The average Bonchev–Trinajstić information content (AvgIpc) is 3.38. The molecule has 0 bridgehead atoms. The van der Waals surface area contributed by atoms with Crippen molar-refractivity contribution in [3.8, 4) is 11.4 Å². The van der Waals surface area contributed by atoms with Crippen molar-refractivity contribution in [3.63, 3.8) is 0 Å². The second-order valence-corrected chi connectivity index (χ2v) is 6.88. The van der Waals surface area contributed by atoms with Crippen LogP contribution < -0.4 is 0 Å². The van der Waals surface area contributed by atoms with E-state index in [2.05, 4.69) is 14.7 Å². The highest BCUT2D eigenvalue weighted by Crippen LogP contribution is 2.31. The lowest BCUT2D eigenvalue weighted by Crippen LogP contribution is -2.38. The number of hydrogen-bond acceptors (Lipinski definition) is 5. The van der Waals surface area contributed by atoms with Crippen LogP contribution in [0, 0.1) is 5.92 Å². The van der Waals surface area contributed by atoms with Gasteiger partial charge in [-0.3, -0.25) is 4.79 Å². The van der Waals surface area contributed by atoms with Gasteiger partial charge in [0.2, 0.25) is 11.7 Å². The molecule has 152 valence electrons. The molecule has 0 saturated heterocycles. The van der Waals surface area contributed by atoms with Crippen LogP contribution in [0.3, 0.4) is 0 Å². The molecule has 1 aliphatic rings. The highest BCUT2D eigenvalue weighted by atomic mass is 19.4. The van der Waals surface area contributed by atoms with E-state index < -0.39 is 12.1 Å². The number of methoxy groups -OCH3 is 1. The third-order valence-corrected chi connectivity index (χ3v) is 4.71. The first-order chi connectivity index (χ1) is 13.3. The topological polar surface area (TPSA) is 68.5 Å². The summed E-state index contributed by atoms with van der Waals surface area (Å²) in [6, 6.07) is 7.02. The van der Waals surface area contributed by atoms with Crippen molar-refractivity contribution in [2.75, 3.05) is 13.7 Å². The van der Waals surface area contributed by atoms with Gasteiger partial charge in [0.05, 0.1) is 12.5 Å². The number of aromatic nitrogens is 2. The maximum Gasteiger partial charge on any atom is 0.471 e.